The summed E-state index contributed by atoms with van der Waals surface area (Å²) in [5.74, 6) is 0. The second-order valence-corrected chi connectivity index (χ2v) is 3.15. The van der Waals surface area contributed by atoms with Gasteiger partial charge in [-0.1, -0.05) is 0 Å². The largest absolute Gasteiger partial charge is 0.378 e. The molecule has 4 nitrogen and oxygen atoms in total. The molecule has 2 rings (SSSR count). The number of hydrogen-bond acceptors (Lipinski definition) is 4. The van der Waals surface area contributed by atoms with Crippen molar-refractivity contribution in [3.8, 4) is 0 Å². The molecule has 1 fully saturated rings. The van der Waals surface area contributed by atoms with Gasteiger partial charge >= 0.3 is 0 Å². The molecule has 1 aromatic heterocycles. The second-order valence-electron chi connectivity index (χ2n) is 3.15. The van der Waals surface area contributed by atoms with Crippen LogP contribution in [0.2, 0.25) is 0 Å². The summed E-state index contributed by atoms with van der Waals surface area (Å²) in [5, 5.41) is 7.85. The van der Waals surface area contributed by atoms with Gasteiger partial charge in [0.2, 0.25) is 0 Å². The van der Waals surface area contributed by atoms with Gasteiger partial charge in [0.1, 0.15) is 0 Å². The maximum Gasteiger partial charge on any atom is 0.0730 e. The lowest BCUT2D eigenvalue weighted by Gasteiger charge is -2.28. The van der Waals surface area contributed by atoms with E-state index in [4.69, 9.17) is 4.74 Å². The first-order valence-corrected chi connectivity index (χ1v) is 4.48. The van der Waals surface area contributed by atoms with Crippen molar-refractivity contribution in [1.29, 1.82) is 0 Å². The number of aryl methyl sites for hydroxylation is 1. The average Bonchev–Trinajstić information content (AvgIpc) is 2.19. The molecule has 0 radical (unpaired) electrons. The molecule has 0 bridgehead atoms. The molecule has 1 aliphatic heterocycles. The van der Waals surface area contributed by atoms with Gasteiger partial charge < -0.3 is 9.64 Å². The first-order valence-electron chi connectivity index (χ1n) is 4.48. The number of ether oxygens (including phenoxy) is 1. The van der Waals surface area contributed by atoms with E-state index < -0.39 is 0 Å². The van der Waals surface area contributed by atoms with Gasteiger partial charge in [-0.15, -0.1) is 0 Å². The van der Waals surface area contributed by atoms with E-state index in [0.29, 0.717) is 0 Å². The van der Waals surface area contributed by atoms with E-state index in [-0.39, 0.29) is 0 Å². The van der Waals surface area contributed by atoms with Gasteiger partial charge in [0, 0.05) is 13.1 Å². The Morgan fingerprint density at radius 1 is 1.38 bits per heavy atom. The summed E-state index contributed by atoms with van der Waals surface area (Å²) < 4.78 is 5.27. The van der Waals surface area contributed by atoms with Crippen LogP contribution in [0.1, 0.15) is 5.69 Å². The highest BCUT2D eigenvalue weighted by atomic mass is 16.5. The smallest absolute Gasteiger partial charge is 0.0730 e. The van der Waals surface area contributed by atoms with Crippen molar-refractivity contribution in [3.63, 3.8) is 0 Å². The van der Waals surface area contributed by atoms with Crippen molar-refractivity contribution in [2.45, 2.75) is 6.92 Å². The fraction of sp³-hybridized carbons (Fsp3) is 0.556. The predicted octanol–water partition coefficient (Wildman–Crippen LogP) is 0.622. The minimum atomic E-state index is 0.807. The number of morpholine rings is 1. The Balaban J connectivity index is 2.14. The molecule has 1 aromatic rings. The highest BCUT2D eigenvalue weighted by molar-refractivity contribution is 5.44. The Morgan fingerprint density at radius 3 is 2.85 bits per heavy atom. The number of anilines is 1. The average molecular weight is 179 g/mol. The topological polar surface area (TPSA) is 38.2 Å². The number of rotatable bonds is 1. The maximum atomic E-state index is 5.27. The molecular formula is C9H13N3O. The van der Waals surface area contributed by atoms with E-state index in [2.05, 4.69) is 21.2 Å². The lowest BCUT2D eigenvalue weighted by molar-refractivity contribution is 0.122. The SMILES string of the molecule is Cc1cc(N2CCOCC2)cnn1. The summed E-state index contributed by atoms with van der Waals surface area (Å²) in [5.41, 5.74) is 2.11. The van der Waals surface area contributed by atoms with Gasteiger partial charge in [-0.05, 0) is 13.0 Å². The summed E-state index contributed by atoms with van der Waals surface area (Å²) >= 11 is 0. The van der Waals surface area contributed by atoms with Gasteiger partial charge in [-0.25, -0.2) is 0 Å². The van der Waals surface area contributed by atoms with Crippen LogP contribution in [-0.2, 0) is 4.74 Å². The highest BCUT2D eigenvalue weighted by Gasteiger charge is 2.11. The van der Waals surface area contributed by atoms with E-state index in [1.165, 1.54) is 0 Å². The van der Waals surface area contributed by atoms with E-state index in [0.717, 1.165) is 37.7 Å². The molecule has 2 heterocycles. The molecule has 0 aromatic carbocycles. The van der Waals surface area contributed by atoms with Crippen LogP contribution in [0.25, 0.3) is 0 Å². The van der Waals surface area contributed by atoms with Crippen LogP contribution >= 0.6 is 0 Å². The molecule has 1 saturated heterocycles. The van der Waals surface area contributed by atoms with Crippen molar-refractivity contribution in [2.75, 3.05) is 31.2 Å². The Hall–Kier alpha value is -1.16. The number of nitrogens with zero attached hydrogens (tertiary/aromatic N) is 3. The number of aromatic nitrogens is 2. The minimum absolute atomic E-state index is 0.807. The number of hydrogen-bond donors (Lipinski definition) is 0. The van der Waals surface area contributed by atoms with Crippen LogP contribution in [0.5, 0.6) is 0 Å². The molecule has 1 aliphatic rings. The third-order valence-corrected chi connectivity index (χ3v) is 2.14. The Bertz CT molecular complexity index is 284. The molecule has 0 amide bonds. The molecule has 4 heteroatoms. The summed E-state index contributed by atoms with van der Waals surface area (Å²) in [7, 11) is 0. The van der Waals surface area contributed by atoms with E-state index in [9.17, 15) is 0 Å². The summed E-state index contributed by atoms with van der Waals surface area (Å²) in [6.45, 7) is 5.47. The Kier molecular flexibility index (Phi) is 2.40. The molecule has 0 unspecified atom stereocenters. The van der Waals surface area contributed by atoms with Crippen molar-refractivity contribution < 1.29 is 4.74 Å². The van der Waals surface area contributed by atoms with Gasteiger partial charge in [0.25, 0.3) is 0 Å². The highest BCUT2D eigenvalue weighted by Crippen LogP contribution is 2.13. The van der Waals surface area contributed by atoms with Crippen LogP contribution in [0, 0.1) is 6.92 Å². The summed E-state index contributed by atoms with van der Waals surface area (Å²) in [6, 6.07) is 2.05. The van der Waals surface area contributed by atoms with Crippen LogP contribution in [0.15, 0.2) is 12.3 Å². The summed E-state index contributed by atoms with van der Waals surface area (Å²) in [4.78, 5) is 2.27. The third kappa shape index (κ3) is 1.95. The van der Waals surface area contributed by atoms with Crippen molar-refractivity contribution in [1.82, 2.24) is 10.2 Å². The van der Waals surface area contributed by atoms with Gasteiger partial charge in [-0.2, -0.15) is 10.2 Å². The van der Waals surface area contributed by atoms with Gasteiger partial charge in [0.05, 0.1) is 30.8 Å². The molecule has 0 aliphatic carbocycles. The summed E-state index contributed by atoms with van der Waals surface area (Å²) in [6.07, 6.45) is 1.80. The van der Waals surface area contributed by atoms with Gasteiger partial charge in [-0.3, -0.25) is 0 Å². The first kappa shape index (κ1) is 8.44. The van der Waals surface area contributed by atoms with Crippen LogP contribution in [0.3, 0.4) is 0 Å². The minimum Gasteiger partial charge on any atom is -0.378 e. The molecule has 70 valence electrons. The normalized spacial score (nSPS) is 17.5. The van der Waals surface area contributed by atoms with Crippen LogP contribution in [0.4, 0.5) is 5.69 Å². The lowest BCUT2D eigenvalue weighted by atomic mass is 10.3. The lowest BCUT2D eigenvalue weighted by Crippen LogP contribution is -2.36. The Labute approximate surface area is 77.5 Å². The first-order chi connectivity index (χ1) is 6.36. The van der Waals surface area contributed by atoms with Crippen molar-refractivity contribution >= 4 is 5.69 Å². The second kappa shape index (κ2) is 3.70. The monoisotopic (exact) mass is 179 g/mol. The quantitative estimate of drug-likeness (QED) is 0.633. The molecular weight excluding hydrogens is 166 g/mol. The zero-order chi connectivity index (χ0) is 9.10. The zero-order valence-electron chi connectivity index (χ0n) is 7.73. The fourth-order valence-corrected chi connectivity index (χ4v) is 1.45. The van der Waals surface area contributed by atoms with Crippen LogP contribution in [-0.4, -0.2) is 36.5 Å². The maximum absolute atomic E-state index is 5.27. The predicted molar refractivity (Wildman–Crippen MR) is 49.8 cm³/mol. The third-order valence-electron chi connectivity index (χ3n) is 2.14. The standard InChI is InChI=1S/C9H13N3O/c1-8-6-9(7-10-11-8)12-2-4-13-5-3-12/h6-7H,2-5H2,1H3. The van der Waals surface area contributed by atoms with Crippen molar-refractivity contribution in [3.05, 3.63) is 18.0 Å². The van der Waals surface area contributed by atoms with Gasteiger partial charge in [0.15, 0.2) is 0 Å². The molecule has 13 heavy (non-hydrogen) atoms. The van der Waals surface area contributed by atoms with E-state index in [1.807, 2.05) is 6.92 Å². The van der Waals surface area contributed by atoms with Crippen LogP contribution < -0.4 is 4.90 Å². The molecule has 0 atom stereocenters. The molecule has 0 saturated carbocycles. The Morgan fingerprint density at radius 2 is 2.15 bits per heavy atom. The fourth-order valence-electron chi connectivity index (χ4n) is 1.45. The van der Waals surface area contributed by atoms with E-state index >= 15 is 0 Å². The molecule has 0 spiro atoms. The van der Waals surface area contributed by atoms with Crippen molar-refractivity contribution in [2.24, 2.45) is 0 Å². The zero-order valence-corrected chi connectivity index (χ0v) is 7.73. The van der Waals surface area contributed by atoms with E-state index in [1.54, 1.807) is 6.20 Å². The molecule has 0 N–H and O–H groups in total.